The molecule has 1 saturated heterocycles. The summed E-state index contributed by atoms with van der Waals surface area (Å²) in [4.78, 5) is 18.1. The smallest absolute Gasteiger partial charge is 0.258 e. The van der Waals surface area contributed by atoms with E-state index in [2.05, 4.69) is 14.8 Å². The zero-order chi connectivity index (χ0) is 24.2. The molecule has 0 atom stereocenters. The predicted octanol–water partition coefficient (Wildman–Crippen LogP) is 4.73. The van der Waals surface area contributed by atoms with Gasteiger partial charge in [-0.1, -0.05) is 23.7 Å². The molecule has 4 aromatic rings. The fraction of sp³-hybridized carbons (Fsp3) is 0.269. The first-order chi connectivity index (χ1) is 17.1. The molecule has 1 aliphatic heterocycles. The molecule has 0 radical (unpaired) electrons. The molecule has 0 amide bonds. The number of piperazine rings is 1. The van der Waals surface area contributed by atoms with Crippen molar-refractivity contribution in [2.75, 3.05) is 38.2 Å². The molecule has 1 fully saturated rings. The minimum atomic E-state index is -0.237. The first-order valence-corrected chi connectivity index (χ1v) is 11.8. The summed E-state index contributed by atoms with van der Waals surface area (Å²) in [6.45, 7) is 3.78. The lowest BCUT2D eigenvalue weighted by Crippen LogP contribution is -2.46. The lowest BCUT2D eigenvalue weighted by Gasteiger charge is -2.35. The normalized spacial score (nSPS) is 14.3. The molecule has 1 aliphatic rings. The minimum absolute atomic E-state index is 0.237. The summed E-state index contributed by atoms with van der Waals surface area (Å²) >= 11 is 6.06. The minimum Gasteiger partial charge on any atom is -0.497 e. The zero-order valence-electron chi connectivity index (χ0n) is 19.3. The van der Waals surface area contributed by atoms with Crippen molar-refractivity contribution in [3.63, 3.8) is 0 Å². The summed E-state index contributed by atoms with van der Waals surface area (Å²) in [6.07, 6.45) is 3.40. The summed E-state index contributed by atoms with van der Waals surface area (Å²) < 4.78 is 25.6. The number of hydrogen-bond acceptors (Lipinski definition) is 7. The highest BCUT2D eigenvalue weighted by Gasteiger charge is 2.23. The van der Waals surface area contributed by atoms with Gasteiger partial charge in [0.25, 0.3) is 5.88 Å². The molecular formula is C26H25ClFN5O2. The van der Waals surface area contributed by atoms with E-state index in [-0.39, 0.29) is 5.82 Å². The van der Waals surface area contributed by atoms with Crippen LogP contribution in [0.2, 0.25) is 5.02 Å². The molecule has 180 valence electrons. The van der Waals surface area contributed by atoms with Gasteiger partial charge in [0.15, 0.2) is 5.82 Å². The Kier molecular flexibility index (Phi) is 6.92. The molecular weight excluding hydrogens is 469 g/mol. The standard InChI is InChI=1S/C26H25ClFN5O2/c1-34-21-5-2-18(3-6-21)17-35-26-25(30-24-15-29-9-8-23(24)31-26)33-12-10-32(11-13-33)16-19-14-20(27)4-7-22(19)28/h2-9,14-15H,10-13,16-17H2,1H3. The van der Waals surface area contributed by atoms with Gasteiger partial charge < -0.3 is 14.4 Å². The molecule has 35 heavy (non-hydrogen) atoms. The van der Waals surface area contributed by atoms with Crippen molar-refractivity contribution in [2.45, 2.75) is 13.2 Å². The van der Waals surface area contributed by atoms with Crippen LogP contribution in [0.1, 0.15) is 11.1 Å². The average molecular weight is 494 g/mol. The Morgan fingerprint density at radius 3 is 2.54 bits per heavy atom. The number of nitrogens with zero attached hydrogens (tertiary/aromatic N) is 5. The Morgan fingerprint density at radius 2 is 1.77 bits per heavy atom. The first kappa shape index (κ1) is 23.3. The molecule has 0 saturated carbocycles. The average Bonchev–Trinajstić information content (AvgIpc) is 2.90. The van der Waals surface area contributed by atoms with E-state index in [4.69, 9.17) is 31.0 Å². The highest BCUT2D eigenvalue weighted by Crippen LogP contribution is 2.29. The van der Waals surface area contributed by atoms with Crippen molar-refractivity contribution < 1.29 is 13.9 Å². The quantitative estimate of drug-likeness (QED) is 0.369. The summed E-state index contributed by atoms with van der Waals surface area (Å²) in [6, 6.07) is 14.2. The van der Waals surface area contributed by atoms with E-state index in [0.29, 0.717) is 54.0 Å². The zero-order valence-corrected chi connectivity index (χ0v) is 20.1. The van der Waals surface area contributed by atoms with Crippen molar-refractivity contribution in [3.8, 4) is 11.6 Å². The van der Waals surface area contributed by atoms with Gasteiger partial charge in [0.1, 0.15) is 23.7 Å². The van der Waals surface area contributed by atoms with Gasteiger partial charge in [-0.05, 0) is 42.0 Å². The third-order valence-corrected chi connectivity index (χ3v) is 6.26. The number of methoxy groups -OCH3 is 1. The van der Waals surface area contributed by atoms with E-state index in [1.807, 2.05) is 30.3 Å². The number of anilines is 1. The molecule has 0 aliphatic carbocycles. The third kappa shape index (κ3) is 5.44. The second-order valence-electron chi connectivity index (χ2n) is 8.35. The Bertz CT molecular complexity index is 1310. The summed E-state index contributed by atoms with van der Waals surface area (Å²) in [5.74, 6) is 1.73. The Labute approximate surface area is 208 Å². The molecule has 5 rings (SSSR count). The van der Waals surface area contributed by atoms with Crippen LogP contribution >= 0.6 is 11.6 Å². The fourth-order valence-corrected chi connectivity index (χ4v) is 4.27. The fourth-order valence-electron chi connectivity index (χ4n) is 4.08. The Hall–Kier alpha value is -3.49. The van der Waals surface area contributed by atoms with Crippen molar-refractivity contribution in [3.05, 3.63) is 82.9 Å². The van der Waals surface area contributed by atoms with Crippen LogP contribution in [0.15, 0.2) is 60.9 Å². The predicted molar refractivity (Wildman–Crippen MR) is 134 cm³/mol. The number of pyridine rings is 1. The molecule has 0 spiro atoms. The number of rotatable bonds is 7. The second-order valence-corrected chi connectivity index (χ2v) is 8.79. The number of aromatic nitrogens is 3. The Balaban J connectivity index is 1.32. The highest BCUT2D eigenvalue weighted by molar-refractivity contribution is 6.30. The summed E-state index contributed by atoms with van der Waals surface area (Å²) in [5.41, 5.74) is 3.04. The lowest BCUT2D eigenvalue weighted by molar-refractivity contribution is 0.243. The van der Waals surface area contributed by atoms with Crippen LogP contribution < -0.4 is 14.4 Å². The summed E-state index contributed by atoms with van der Waals surface area (Å²) in [7, 11) is 1.64. The highest BCUT2D eigenvalue weighted by atomic mass is 35.5. The van der Waals surface area contributed by atoms with Crippen LogP contribution in [0, 0.1) is 5.82 Å². The van der Waals surface area contributed by atoms with E-state index < -0.39 is 0 Å². The molecule has 7 nitrogen and oxygen atoms in total. The summed E-state index contributed by atoms with van der Waals surface area (Å²) in [5, 5.41) is 0.540. The van der Waals surface area contributed by atoms with Crippen molar-refractivity contribution in [1.82, 2.24) is 19.9 Å². The molecule has 0 N–H and O–H groups in total. The molecule has 0 unspecified atom stereocenters. The number of fused-ring (bicyclic) bond motifs is 1. The van der Waals surface area contributed by atoms with Crippen LogP contribution in [-0.2, 0) is 13.2 Å². The SMILES string of the molecule is COc1ccc(COc2nc3ccncc3nc2N2CCN(Cc3cc(Cl)ccc3F)CC2)cc1. The van der Waals surface area contributed by atoms with Gasteiger partial charge in [0.2, 0.25) is 0 Å². The maximum absolute atomic E-state index is 14.2. The van der Waals surface area contributed by atoms with Crippen LogP contribution in [0.5, 0.6) is 11.6 Å². The van der Waals surface area contributed by atoms with Gasteiger partial charge in [0.05, 0.1) is 18.8 Å². The molecule has 3 heterocycles. The van der Waals surface area contributed by atoms with E-state index in [1.165, 1.54) is 6.07 Å². The maximum Gasteiger partial charge on any atom is 0.258 e. The molecule has 2 aromatic heterocycles. The largest absolute Gasteiger partial charge is 0.497 e. The Morgan fingerprint density at radius 1 is 0.971 bits per heavy atom. The van der Waals surface area contributed by atoms with Crippen molar-refractivity contribution in [1.29, 1.82) is 0 Å². The van der Waals surface area contributed by atoms with Gasteiger partial charge >= 0.3 is 0 Å². The topological polar surface area (TPSA) is 63.6 Å². The number of benzene rings is 2. The van der Waals surface area contributed by atoms with Crippen molar-refractivity contribution >= 4 is 28.5 Å². The third-order valence-electron chi connectivity index (χ3n) is 6.03. The van der Waals surface area contributed by atoms with Gasteiger partial charge in [-0.15, -0.1) is 0 Å². The van der Waals surface area contributed by atoms with E-state index in [0.717, 1.165) is 29.9 Å². The van der Waals surface area contributed by atoms with E-state index >= 15 is 0 Å². The molecule has 2 aromatic carbocycles. The number of hydrogen-bond donors (Lipinski definition) is 0. The van der Waals surface area contributed by atoms with Gasteiger partial charge in [-0.2, -0.15) is 0 Å². The second kappa shape index (κ2) is 10.4. The molecule has 9 heteroatoms. The van der Waals surface area contributed by atoms with Crippen LogP contribution in [0.3, 0.4) is 0 Å². The van der Waals surface area contributed by atoms with E-state index in [1.54, 1.807) is 31.6 Å². The molecule has 0 bridgehead atoms. The van der Waals surface area contributed by atoms with Crippen molar-refractivity contribution in [2.24, 2.45) is 0 Å². The van der Waals surface area contributed by atoms with Crippen LogP contribution in [0.25, 0.3) is 11.0 Å². The van der Waals surface area contributed by atoms with E-state index in [9.17, 15) is 4.39 Å². The maximum atomic E-state index is 14.2. The van der Waals surface area contributed by atoms with Crippen LogP contribution in [0.4, 0.5) is 10.2 Å². The lowest BCUT2D eigenvalue weighted by atomic mass is 10.2. The van der Waals surface area contributed by atoms with Gasteiger partial charge in [0, 0.05) is 49.5 Å². The monoisotopic (exact) mass is 493 g/mol. The van der Waals surface area contributed by atoms with Crippen LogP contribution in [-0.4, -0.2) is 53.1 Å². The number of halogens is 2. The first-order valence-electron chi connectivity index (χ1n) is 11.4. The van der Waals surface area contributed by atoms with Gasteiger partial charge in [-0.25, -0.2) is 14.4 Å². The van der Waals surface area contributed by atoms with Gasteiger partial charge in [-0.3, -0.25) is 9.88 Å². The number of ether oxygens (including phenoxy) is 2.